The third-order valence-electron chi connectivity index (χ3n) is 4.79. The topological polar surface area (TPSA) is 42.4 Å². The highest BCUT2D eigenvalue weighted by Gasteiger charge is 2.30. The number of para-hydroxylation sites is 1. The summed E-state index contributed by atoms with van der Waals surface area (Å²) in [6.45, 7) is 4.57. The number of hydrogen-bond donors (Lipinski definition) is 0. The lowest BCUT2D eigenvalue weighted by atomic mass is 10.1. The number of nitrogens with zero attached hydrogens (tertiary/aromatic N) is 2. The van der Waals surface area contributed by atoms with E-state index < -0.39 is 0 Å². The highest BCUT2D eigenvalue weighted by Crippen LogP contribution is 2.32. The molecule has 5 heteroatoms. The third kappa shape index (κ3) is 3.88. The lowest BCUT2D eigenvalue weighted by Gasteiger charge is -2.22. The zero-order valence-electron chi connectivity index (χ0n) is 15.5. The van der Waals surface area contributed by atoms with Gasteiger partial charge in [-0.3, -0.25) is 4.79 Å². The van der Waals surface area contributed by atoms with Crippen molar-refractivity contribution in [1.82, 2.24) is 4.98 Å². The van der Waals surface area contributed by atoms with Gasteiger partial charge in [-0.25, -0.2) is 4.98 Å². The predicted octanol–water partition coefficient (Wildman–Crippen LogP) is 4.55. The molecule has 0 saturated heterocycles. The van der Waals surface area contributed by atoms with Gasteiger partial charge in [0, 0.05) is 17.1 Å². The average molecular weight is 378 g/mol. The Morgan fingerprint density at radius 3 is 2.81 bits per heavy atom. The molecular weight excluding hydrogens is 356 g/mol. The van der Waals surface area contributed by atoms with Crippen LogP contribution in [0.25, 0.3) is 0 Å². The van der Waals surface area contributed by atoms with Crippen molar-refractivity contribution in [3.63, 3.8) is 0 Å². The smallest absolute Gasteiger partial charge is 0.233 e. The Balaban J connectivity index is 1.39. The molecule has 3 aromatic rings. The minimum atomic E-state index is 0.101. The van der Waals surface area contributed by atoms with Gasteiger partial charge in [0.1, 0.15) is 17.4 Å². The van der Waals surface area contributed by atoms with Gasteiger partial charge >= 0.3 is 0 Å². The number of anilines is 1. The Kier molecular flexibility index (Phi) is 4.94. The maximum Gasteiger partial charge on any atom is 0.233 e. The van der Waals surface area contributed by atoms with Crippen LogP contribution < -0.4 is 9.64 Å². The second kappa shape index (κ2) is 7.53. The Morgan fingerprint density at radius 1 is 1.22 bits per heavy atom. The summed E-state index contributed by atoms with van der Waals surface area (Å²) in [6.07, 6.45) is 1.23. The molecule has 4 nitrogen and oxygen atoms in total. The van der Waals surface area contributed by atoms with Crippen LogP contribution in [-0.2, 0) is 24.2 Å². The zero-order valence-corrected chi connectivity index (χ0v) is 16.3. The molecule has 1 unspecified atom stereocenters. The number of fused-ring (bicyclic) bond motifs is 1. The van der Waals surface area contributed by atoms with Gasteiger partial charge in [-0.2, -0.15) is 0 Å². The largest absolute Gasteiger partial charge is 0.486 e. The minimum Gasteiger partial charge on any atom is -0.486 e. The summed E-state index contributed by atoms with van der Waals surface area (Å²) in [5.74, 6) is 0.930. The number of amides is 1. The van der Waals surface area contributed by atoms with Crippen LogP contribution in [0.15, 0.2) is 53.9 Å². The summed E-state index contributed by atoms with van der Waals surface area (Å²) in [5.41, 5.74) is 4.29. The van der Waals surface area contributed by atoms with Crippen molar-refractivity contribution < 1.29 is 9.53 Å². The standard InChI is InChI=1S/C22H22N2O2S/c1-15-7-9-19(10-8-15)26-13-21-23-18(14-27-21)12-22(25)24-16(2)11-17-5-3-4-6-20(17)24/h3-10,14,16H,11-13H2,1-2H3. The maximum absolute atomic E-state index is 12.9. The molecule has 1 aliphatic heterocycles. The van der Waals surface area contributed by atoms with Gasteiger partial charge in [0.15, 0.2) is 0 Å². The molecule has 2 heterocycles. The molecule has 2 aromatic carbocycles. The van der Waals surface area contributed by atoms with Gasteiger partial charge in [-0.05, 0) is 44.0 Å². The van der Waals surface area contributed by atoms with Gasteiger partial charge in [0.25, 0.3) is 0 Å². The Hall–Kier alpha value is -2.66. The summed E-state index contributed by atoms with van der Waals surface area (Å²) >= 11 is 1.54. The molecule has 4 rings (SSSR count). The van der Waals surface area contributed by atoms with Crippen LogP contribution in [0.4, 0.5) is 5.69 Å². The first-order valence-electron chi connectivity index (χ1n) is 9.13. The molecule has 1 aliphatic rings. The highest BCUT2D eigenvalue weighted by molar-refractivity contribution is 7.09. The Labute approximate surface area is 163 Å². The summed E-state index contributed by atoms with van der Waals surface area (Å²) in [4.78, 5) is 19.4. The average Bonchev–Trinajstić information content (AvgIpc) is 3.24. The Morgan fingerprint density at radius 2 is 2.00 bits per heavy atom. The molecule has 0 spiro atoms. The summed E-state index contributed by atoms with van der Waals surface area (Å²) < 4.78 is 5.78. The number of hydrogen-bond acceptors (Lipinski definition) is 4. The molecule has 0 N–H and O–H groups in total. The van der Waals surface area contributed by atoms with Crippen LogP contribution in [0.2, 0.25) is 0 Å². The normalized spacial score (nSPS) is 15.6. The van der Waals surface area contributed by atoms with Crippen LogP contribution in [0.1, 0.15) is 28.8 Å². The van der Waals surface area contributed by atoms with E-state index in [0.29, 0.717) is 13.0 Å². The summed E-state index contributed by atoms with van der Waals surface area (Å²) in [6, 6.07) is 16.3. The van der Waals surface area contributed by atoms with Crippen molar-refractivity contribution in [2.24, 2.45) is 0 Å². The van der Waals surface area contributed by atoms with Gasteiger partial charge in [-0.1, -0.05) is 35.9 Å². The number of ether oxygens (including phenoxy) is 1. The van der Waals surface area contributed by atoms with E-state index >= 15 is 0 Å². The molecule has 0 radical (unpaired) electrons. The van der Waals surface area contributed by atoms with Crippen molar-refractivity contribution >= 4 is 22.9 Å². The van der Waals surface area contributed by atoms with Crippen LogP contribution in [-0.4, -0.2) is 16.9 Å². The molecule has 1 amide bonds. The van der Waals surface area contributed by atoms with E-state index in [1.165, 1.54) is 22.5 Å². The fourth-order valence-electron chi connectivity index (χ4n) is 3.46. The first-order valence-corrected chi connectivity index (χ1v) is 10.0. The van der Waals surface area contributed by atoms with Crippen molar-refractivity contribution in [3.05, 3.63) is 75.7 Å². The molecule has 0 saturated carbocycles. The van der Waals surface area contributed by atoms with E-state index in [9.17, 15) is 4.79 Å². The lowest BCUT2D eigenvalue weighted by molar-refractivity contribution is -0.118. The number of thiazole rings is 1. The molecule has 0 bridgehead atoms. The van der Waals surface area contributed by atoms with Crippen molar-refractivity contribution in [2.45, 2.75) is 39.3 Å². The molecule has 138 valence electrons. The van der Waals surface area contributed by atoms with Gasteiger partial charge in [0.05, 0.1) is 12.1 Å². The Bertz CT molecular complexity index is 949. The summed E-state index contributed by atoms with van der Waals surface area (Å²) in [7, 11) is 0. The van der Waals surface area contributed by atoms with Crippen LogP contribution in [0.3, 0.4) is 0 Å². The monoisotopic (exact) mass is 378 g/mol. The third-order valence-corrected chi connectivity index (χ3v) is 5.66. The van der Waals surface area contributed by atoms with Crippen molar-refractivity contribution in [1.29, 1.82) is 0 Å². The molecule has 0 aliphatic carbocycles. The predicted molar refractivity (Wildman–Crippen MR) is 108 cm³/mol. The van der Waals surface area contributed by atoms with Gasteiger partial charge in [0.2, 0.25) is 5.91 Å². The van der Waals surface area contributed by atoms with Gasteiger partial charge in [-0.15, -0.1) is 11.3 Å². The van der Waals surface area contributed by atoms with E-state index in [1.54, 1.807) is 0 Å². The summed E-state index contributed by atoms with van der Waals surface area (Å²) in [5, 5.41) is 2.84. The molecule has 1 atom stereocenters. The van der Waals surface area contributed by atoms with Crippen LogP contribution in [0, 0.1) is 6.92 Å². The molecular formula is C22H22N2O2S. The second-order valence-corrected chi connectivity index (χ2v) is 7.90. The van der Waals surface area contributed by atoms with Crippen LogP contribution >= 0.6 is 11.3 Å². The zero-order chi connectivity index (χ0) is 18.8. The fourth-order valence-corrected chi connectivity index (χ4v) is 4.17. The highest BCUT2D eigenvalue weighted by atomic mass is 32.1. The van der Waals surface area contributed by atoms with E-state index in [4.69, 9.17) is 4.74 Å². The van der Waals surface area contributed by atoms with E-state index in [2.05, 4.69) is 18.0 Å². The molecule has 0 fully saturated rings. The van der Waals surface area contributed by atoms with Crippen molar-refractivity contribution in [2.75, 3.05) is 4.90 Å². The molecule has 1 aromatic heterocycles. The molecule has 27 heavy (non-hydrogen) atoms. The van der Waals surface area contributed by atoms with Crippen LogP contribution in [0.5, 0.6) is 5.75 Å². The van der Waals surface area contributed by atoms with Gasteiger partial charge < -0.3 is 9.64 Å². The number of aryl methyl sites for hydroxylation is 1. The number of benzene rings is 2. The van der Waals surface area contributed by atoms with Crippen molar-refractivity contribution in [3.8, 4) is 5.75 Å². The first kappa shape index (κ1) is 17.7. The quantitative estimate of drug-likeness (QED) is 0.654. The number of carbonyl (C=O) groups is 1. The fraction of sp³-hybridized carbons (Fsp3) is 0.273. The second-order valence-electron chi connectivity index (χ2n) is 6.96. The first-order chi connectivity index (χ1) is 13.1. The van der Waals surface area contributed by atoms with E-state index in [1.807, 2.05) is 59.7 Å². The van der Waals surface area contributed by atoms with E-state index in [0.717, 1.165) is 28.6 Å². The number of rotatable bonds is 5. The van der Waals surface area contributed by atoms with E-state index in [-0.39, 0.29) is 11.9 Å². The SMILES string of the molecule is Cc1ccc(OCc2nc(CC(=O)N3c4ccccc4CC3C)cs2)cc1. The maximum atomic E-state index is 12.9. The lowest BCUT2D eigenvalue weighted by Crippen LogP contribution is -2.36. The minimum absolute atomic E-state index is 0.101. The number of carbonyl (C=O) groups excluding carboxylic acids is 1. The number of aromatic nitrogens is 1.